The maximum atomic E-state index is 12.2. The third kappa shape index (κ3) is 5.45. The number of alkyl carbamates (subject to hydrolysis) is 1. The van der Waals surface area contributed by atoms with Crippen LogP contribution in [0.15, 0.2) is 23.1 Å². The molecule has 1 saturated carbocycles. The first-order valence-electron chi connectivity index (χ1n) is 8.92. The molecule has 1 aromatic carbocycles. The molecular formula is C19H29NO5S. The van der Waals surface area contributed by atoms with E-state index in [2.05, 4.69) is 5.32 Å². The minimum atomic E-state index is -3.74. The summed E-state index contributed by atoms with van der Waals surface area (Å²) in [6, 6.07) is 5.38. The minimum absolute atomic E-state index is 0.0494. The summed E-state index contributed by atoms with van der Waals surface area (Å²) in [5, 5.41) is 2.91. The van der Waals surface area contributed by atoms with Gasteiger partial charge in [0, 0.05) is 6.04 Å². The molecule has 0 atom stereocenters. The predicted octanol–water partition coefficient (Wildman–Crippen LogP) is 3.88. The van der Waals surface area contributed by atoms with Crippen LogP contribution in [0.25, 0.3) is 0 Å². The van der Waals surface area contributed by atoms with E-state index in [4.69, 9.17) is 8.92 Å². The number of amides is 1. The lowest BCUT2D eigenvalue weighted by molar-refractivity contribution is 0.0491. The third-order valence-electron chi connectivity index (χ3n) is 4.54. The van der Waals surface area contributed by atoms with Crippen molar-refractivity contribution in [2.45, 2.75) is 75.8 Å². The van der Waals surface area contributed by atoms with E-state index in [1.807, 2.05) is 33.8 Å². The Morgan fingerprint density at radius 3 is 2.31 bits per heavy atom. The molecule has 6 nitrogen and oxygen atoms in total. The predicted molar refractivity (Wildman–Crippen MR) is 99.7 cm³/mol. The first kappa shape index (κ1) is 20.7. The molecule has 0 unspecified atom stereocenters. The van der Waals surface area contributed by atoms with Gasteiger partial charge in [0.2, 0.25) is 0 Å². The smallest absolute Gasteiger partial charge is 0.407 e. The van der Waals surface area contributed by atoms with E-state index in [-0.39, 0.29) is 16.9 Å². The van der Waals surface area contributed by atoms with Gasteiger partial charge in [-0.15, -0.1) is 0 Å². The van der Waals surface area contributed by atoms with Crippen molar-refractivity contribution >= 4 is 16.2 Å². The number of aryl methyl sites for hydroxylation is 1. The van der Waals surface area contributed by atoms with Gasteiger partial charge >= 0.3 is 6.09 Å². The minimum Gasteiger partial charge on any atom is -0.444 e. The number of ether oxygens (including phenoxy) is 1. The van der Waals surface area contributed by atoms with E-state index in [0.29, 0.717) is 0 Å². The first-order chi connectivity index (χ1) is 12.0. The van der Waals surface area contributed by atoms with Gasteiger partial charge in [0.1, 0.15) is 5.60 Å². The van der Waals surface area contributed by atoms with Gasteiger partial charge in [-0.2, -0.15) is 8.42 Å². The molecule has 0 radical (unpaired) electrons. The Hall–Kier alpha value is -1.60. The second-order valence-electron chi connectivity index (χ2n) is 7.86. The highest BCUT2D eigenvalue weighted by molar-refractivity contribution is 7.86. The molecule has 1 N–H and O–H groups in total. The Balaban J connectivity index is 2.07. The molecule has 0 aliphatic heterocycles. The normalized spacial score (nSPS) is 21.3. The van der Waals surface area contributed by atoms with Gasteiger partial charge in [-0.1, -0.05) is 17.7 Å². The van der Waals surface area contributed by atoms with E-state index in [1.54, 1.807) is 12.1 Å². The molecule has 0 saturated heterocycles. The van der Waals surface area contributed by atoms with Gasteiger partial charge in [-0.05, 0) is 70.9 Å². The second kappa shape index (κ2) is 7.96. The lowest BCUT2D eigenvalue weighted by Gasteiger charge is -2.31. The van der Waals surface area contributed by atoms with E-state index in [0.717, 1.165) is 36.8 Å². The van der Waals surface area contributed by atoms with E-state index < -0.39 is 21.8 Å². The summed E-state index contributed by atoms with van der Waals surface area (Å²) in [7, 11) is -2.56. The average Bonchev–Trinajstić information content (AvgIpc) is 2.53. The van der Waals surface area contributed by atoms with Crippen molar-refractivity contribution in [1.82, 2.24) is 5.32 Å². The molecule has 0 bridgehead atoms. The molecule has 1 aliphatic rings. The first-order valence-corrected chi connectivity index (χ1v) is 10.3. The highest BCUT2D eigenvalue weighted by Gasteiger charge is 2.29. The zero-order valence-electron chi connectivity index (χ0n) is 16.2. The van der Waals surface area contributed by atoms with Crippen molar-refractivity contribution in [3.8, 4) is 0 Å². The molecule has 1 aromatic rings. The Bertz CT molecular complexity index is 744. The maximum Gasteiger partial charge on any atom is 0.407 e. The quantitative estimate of drug-likeness (QED) is 0.798. The van der Waals surface area contributed by atoms with Crippen LogP contribution in [-0.4, -0.2) is 33.3 Å². The Labute approximate surface area is 156 Å². The third-order valence-corrected chi connectivity index (χ3v) is 5.89. The highest BCUT2D eigenvalue weighted by atomic mass is 32.2. The van der Waals surface area contributed by atoms with Gasteiger partial charge in [-0.25, -0.2) is 4.79 Å². The average molecular weight is 384 g/mol. The fourth-order valence-electron chi connectivity index (χ4n) is 3.33. The fraction of sp³-hybridized carbons (Fsp3) is 0.632. The van der Waals surface area contributed by atoms with Crippen LogP contribution in [0.3, 0.4) is 0 Å². The number of rotatable bonds is 4. The summed E-state index contributed by atoms with van der Waals surface area (Å²) in [6.45, 7) is 7.44. The number of nitrogens with one attached hydrogen (secondary N) is 1. The molecule has 2 rings (SSSR count). The number of hydrogen-bond donors (Lipinski definition) is 1. The zero-order chi connectivity index (χ0) is 19.5. The lowest BCUT2D eigenvalue weighted by Crippen LogP contribution is -2.40. The number of hydrogen-bond acceptors (Lipinski definition) is 5. The standard InChI is InChI=1S/C19H29NO5S/c1-13-6-11-17(26(22,23)24-5)16(12-13)14-7-9-15(10-8-14)20-18(21)25-19(2,3)4/h6,11-12,14-15H,7-10H2,1-5H3,(H,20,21). The SMILES string of the molecule is COS(=O)(=O)c1ccc(C)cc1C1CCC(NC(=O)OC(C)(C)C)CC1. The van der Waals surface area contributed by atoms with E-state index >= 15 is 0 Å². The van der Waals surface area contributed by atoms with Gasteiger partial charge in [0.05, 0.1) is 12.0 Å². The van der Waals surface area contributed by atoms with Crippen LogP contribution < -0.4 is 5.32 Å². The van der Waals surface area contributed by atoms with Crippen molar-refractivity contribution in [2.24, 2.45) is 0 Å². The summed E-state index contributed by atoms with van der Waals surface area (Å²) >= 11 is 0. The van der Waals surface area contributed by atoms with E-state index in [1.165, 1.54) is 7.11 Å². The van der Waals surface area contributed by atoms with Crippen molar-refractivity contribution in [1.29, 1.82) is 0 Å². The van der Waals surface area contributed by atoms with Gasteiger partial charge in [0.15, 0.2) is 0 Å². The van der Waals surface area contributed by atoms with Crippen molar-refractivity contribution in [3.05, 3.63) is 29.3 Å². The molecule has 0 heterocycles. The molecular weight excluding hydrogens is 354 g/mol. The summed E-state index contributed by atoms with van der Waals surface area (Å²) < 4.78 is 34.5. The molecule has 1 amide bonds. The van der Waals surface area contributed by atoms with Crippen LogP contribution in [0, 0.1) is 6.92 Å². The lowest BCUT2D eigenvalue weighted by atomic mass is 9.81. The van der Waals surface area contributed by atoms with Gasteiger partial charge < -0.3 is 10.1 Å². The summed E-state index contributed by atoms with van der Waals surface area (Å²) in [5.41, 5.74) is 1.30. The summed E-state index contributed by atoms with van der Waals surface area (Å²) in [5.74, 6) is 0.131. The topological polar surface area (TPSA) is 81.7 Å². The molecule has 0 spiro atoms. The van der Waals surface area contributed by atoms with Crippen molar-refractivity contribution < 1.29 is 22.1 Å². The summed E-state index contributed by atoms with van der Waals surface area (Å²) in [4.78, 5) is 12.2. The molecule has 146 valence electrons. The van der Waals surface area contributed by atoms with Crippen LogP contribution in [0.2, 0.25) is 0 Å². The molecule has 7 heteroatoms. The van der Waals surface area contributed by atoms with Crippen LogP contribution in [0.1, 0.15) is 63.5 Å². The van der Waals surface area contributed by atoms with Gasteiger partial charge in [-0.3, -0.25) is 4.18 Å². The largest absolute Gasteiger partial charge is 0.444 e. The Kier molecular flexibility index (Phi) is 6.34. The second-order valence-corrected chi connectivity index (χ2v) is 9.54. The zero-order valence-corrected chi connectivity index (χ0v) is 17.0. The Morgan fingerprint density at radius 1 is 1.15 bits per heavy atom. The summed E-state index contributed by atoms with van der Waals surface area (Å²) in [6.07, 6.45) is 2.76. The van der Waals surface area contributed by atoms with Gasteiger partial charge in [0.25, 0.3) is 10.1 Å². The number of carbonyl (C=O) groups is 1. The molecule has 1 aliphatic carbocycles. The van der Waals surface area contributed by atoms with Crippen LogP contribution >= 0.6 is 0 Å². The van der Waals surface area contributed by atoms with Crippen molar-refractivity contribution in [2.75, 3.05) is 7.11 Å². The highest BCUT2D eigenvalue weighted by Crippen LogP contribution is 2.37. The fourth-order valence-corrected chi connectivity index (χ4v) is 4.26. The van der Waals surface area contributed by atoms with Crippen LogP contribution in [0.5, 0.6) is 0 Å². The van der Waals surface area contributed by atoms with E-state index in [9.17, 15) is 13.2 Å². The molecule has 1 fully saturated rings. The maximum absolute atomic E-state index is 12.2. The monoisotopic (exact) mass is 383 g/mol. The van der Waals surface area contributed by atoms with Crippen LogP contribution in [0.4, 0.5) is 4.79 Å². The molecule has 0 aromatic heterocycles. The Morgan fingerprint density at radius 2 is 1.77 bits per heavy atom. The number of benzene rings is 1. The van der Waals surface area contributed by atoms with Crippen LogP contribution in [-0.2, 0) is 19.0 Å². The molecule has 26 heavy (non-hydrogen) atoms. The number of carbonyl (C=O) groups excluding carboxylic acids is 1. The van der Waals surface area contributed by atoms with Crippen molar-refractivity contribution in [3.63, 3.8) is 0 Å².